The van der Waals surface area contributed by atoms with Crippen LogP contribution in [0.4, 0.5) is 0 Å². The highest BCUT2D eigenvalue weighted by Gasteiger charge is 1.99. The SMILES string of the molecule is O=C1CC=CCCC=CCCCCCCCO1. The molecule has 17 heavy (non-hydrogen) atoms. The number of esters is 1. The Hall–Kier alpha value is -1.05. The van der Waals surface area contributed by atoms with E-state index in [1.165, 1.54) is 32.1 Å². The van der Waals surface area contributed by atoms with Crippen molar-refractivity contribution in [2.75, 3.05) is 6.61 Å². The zero-order chi connectivity index (χ0) is 12.2. The highest BCUT2D eigenvalue weighted by Crippen LogP contribution is 2.07. The molecule has 0 radical (unpaired) electrons. The zero-order valence-corrected chi connectivity index (χ0v) is 10.7. The molecular weight excluding hydrogens is 212 g/mol. The first-order chi connectivity index (χ1) is 8.39. The summed E-state index contributed by atoms with van der Waals surface area (Å²) in [5.41, 5.74) is 0. The first-order valence-electron chi connectivity index (χ1n) is 6.85. The Morgan fingerprint density at radius 1 is 0.765 bits per heavy atom. The van der Waals surface area contributed by atoms with Crippen molar-refractivity contribution in [3.63, 3.8) is 0 Å². The fourth-order valence-electron chi connectivity index (χ4n) is 1.87. The van der Waals surface area contributed by atoms with Crippen LogP contribution in [0, 0.1) is 0 Å². The van der Waals surface area contributed by atoms with Gasteiger partial charge in [-0.1, -0.05) is 43.6 Å². The van der Waals surface area contributed by atoms with E-state index >= 15 is 0 Å². The van der Waals surface area contributed by atoms with E-state index in [0.717, 1.165) is 19.3 Å². The normalized spacial score (nSPS) is 21.1. The van der Waals surface area contributed by atoms with Crippen LogP contribution in [0.15, 0.2) is 24.3 Å². The average molecular weight is 236 g/mol. The lowest BCUT2D eigenvalue weighted by Gasteiger charge is -2.03. The van der Waals surface area contributed by atoms with Gasteiger partial charge in [-0.3, -0.25) is 4.79 Å². The minimum atomic E-state index is -0.0936. The third kappa shape index (κ3) is 8.73. The summed E-state index contributed by atoms with van der Waals surface area (Å²) in [6, 6.07) is 0. The first-order valence-corrected chi connectivity index (χ1v) is 6.85. The Kier molecular flexibility index (Phi) is 8.35. The number of allylic oxidation sites excluding steroid dienone is 3. The van der Waals surface area contributed by atoms with Crippen LogP contribution in [0.1, 0.15) is 57.8 Å². The number of hydrogen-bond donors (Lipinski definition) is 0. The standard InChI is InChI=1S/C15H24O2/c16-15-13-11-9-7-5-3-1-2-4-6-8-10-12-14-17-15/h1,3,9,11H,2,4-8,10,12-14H2. The summed E-state index contributed by atoms with van der Waals surface area (Å²) >= 11 is 0. The summed E-state index contributed by atoms with van der Waals surface area (Å²) in [4.78, 5) is 11.3. The molecule has 2 heteroatoms. The van der Waals surface area contributed by atoms with Gasteiger partial charge in [-0.15, -0.1) is 0 Å². The van der Waals surface area contributed by atoms with Crippen molar-refractivity contribution in [1.29, 1.82) is 0 Å². The minimum Gasteiger partial charge on any atom is -0.465 e. The lowest BCUT2D eigenvalue weighted by Crippen LogP contribution is -2.04. The van der Waals surface area contributed by atoms with Crippen molar-refractivity contribution >= 4 is 5.97 Å². The molecule has 0 atom stereocenters. The van der Waals surface area contributed by atoms with Crippen LogP contribution in [0.3, 0.4) is 0 Å². The quantitative estimate of drug-likeness (QED) is 0.466. The van der Waals surface area contributed by atoms with Crippen molar-refractivity contribution in [3.05, 3.63) is 24.3 Å². The van der Waals surface area contributed by atoms with Crippen molar-refractivity contribution in [1.82, 2.24) is 0 Å². The fraction of sp³-hybridized carbons (Fsp3) is 0.667. The van der Waals surface area contributed by atoms with E-state index in [2.05, 4.69) is 18.2 Å². The molecule has 96 valence electrons. The molecule has 1 heterocycles. The minimum absolute atomic E-state index is 0.0936. The van der Waals surface area contributed by atoms with Crippen LogP contribution in [0.25, 0.3) is 0 Å². The molecule has 0 aromatic carbocycles. The maximum Gasteiger partial charge on any atom is 0.309 e. The number of carbonyl (C=O) groups excluding carboxylic acids is 1. The smallest absolute Gasteiger partial charge is 0.309 e. The van der Waals surface area contributed by atoms with Crippen molar-refractivity contribution in [3.8, 4) is 0 Å². The van der Waals surface area contributed by atoms with Gasteiger partial charge in [0.25, 0.3) is 0 Å². The number of hydrogen-bond acceptors (Lipinski definition) is 2. The lowest BCUT2D eigenvalue weighted by molar-refractivity contribution is -0.142. The van der Waals surface area contributed by atoms with Crippen LogP contribution in [0.2, 0.25) is 0 Å². The predicted octanol–water partition coefficient (Wildman–Crippen LogP) is 4.17. The van der Waals surface area contributed by atoms with E-state index in [0.29, 0.717) is 13.0 Å². The van der Waals surface area contributed by atoms with Crippen molar-refractivity contribution in [2.24, 2.45) is 0 Å². The molecule has 0 spiro atoms. The zero-order valence-electron chi connectivity index (χ0n) is 10.7. The first kappa shape index (κ1) is 14.0. The van der Waals surface area contributed by atoms with Crippen molar-refractivity contribution < 1.29 is 9.53 Å². The molecule has 1 rings (SSSR count). The van der Waals surface area contributed by atoms with Gasteiger partial charge in [0, 0.05) is 0 Å². The third-order valence-electron chi connectivity index (χ3n) is 2.90. The van der Waals surface area contributed by atoms with Crippen LogP contribution in [-0.2, 0) is 9.53 Å². The number of cyclic esters (lactones) is 1. The Bertz CT molecular complexity index is 254. The second-order valence-corrected chi connectivity index (χ2v) is 4.50. The van der Waals surface area contributed by atoms with Crippen LogP contribution < -0.4 is 0 Å². The van der Waals surface area contributed by atoms with E-state index < -0.39 is 0 Å². The van der Waals surface area contributed by atoms with E-state index in [1.807, 2.05) is 6.08 Å². The van der Waals surface area contributed by atoms with Crippen LogP contribution >= 0.6 is 0 Å². The summed E-state index contributed by atoms with van der Waals surface area (Å²) in [5.74, 6) is -0.0936. The van der Waals surface area contributed by atoms with Gasteiger partial charge >= 0.3 is 5.97 Å². The van der Waals surface area contributed by atoms with Gasteiger partial charge in [-0.25, -0.2) is 0 Å². The largest absolute Gasteiger partial charge is 0.465 e. The third-order valence-corrected chi connectivity index (χ3v) is 2.90. The topological polar surface area (TPSA) is 26.3 Å². The van der Waals surface area contributed by atoms with E-state index in [1.54, 1.807) is 0 Å². The molecule has 0 bridgehead atoms. The van der Waals surface area contributed by atoms with Crippen LogP contribution in [-0.4, -0.2) is 12.6 Å². The number of rotatable bonds is 0. The summed E-state index contributed by atoms with van der Waals surface area (Å²) in [6.45, 7) is 0.590. The Balaban J connectivity index is 2.26. The molecular formula is C15H24O2. The molecule has 1 aliphatic heterocycles. The monoisotopic (exact) mass is 236 g/mol. The van der Waals surface area contributed by atoms with Crippen LogP contribution in [0.5, 0.6) is 0 Å². The molecule has 2 nitrogen and oxygen atoms in total. The molecule has 0 fully saturated rings. The summed E-state index contributed by atoms with van der Waals surface area (Å²) < 4.78 is 5.14. The van der Waals surface area contributed by atoms with Gasteiger partial charge in [-0.05, 0) is 32.1 Å². The number of carbonyl (C=O) groups is 1. The van der Waals surface area contributed by atoms with Gasteiger partial charge in [0.1, 0.15) is 0 Å². The molecule has 0 unspecified atom stereocenters. The Morgan fingerprint density at radius 2 is 1.41 bits per heavy atom. The van der Waals surface area contributed by atoms with Crippen molar-refractivity contribution in [2.45, 2.75) is 57.8 Å². The molecule has 0 amide bonds. The predicted molar refractivity (Wildman–Crippen MR) is 70.8 cm³/mol. The highest BCUT2D eigenvalue weighted by atomic mass is 16.5. The molecule has 0 aromatic rings. The summed E-state index contributed by atoms with van der Waals surface area (Å²) in [5, 5.41) is 0. The molecule has 0 N–H and O–H groups in total. The van der Waals surface area contributed by atoms with E-state index in [4.69, 9.17) is 4.74 Å². The number of ether oxygens (including phenoxy) is 1. The molecule has 1 aliphatic rings. The maximum atomic E-state index is 11.3. The second-order valence-electron chi connectivity index (χ2n) is 4.50. The van der Waals surface area contributed by atoms with Gasteiger partial charge < -0.3 is 4.74 Å². The summed E-state index contributed by atoms with van der Waals surface area (Å²) in [7, 11) is 0. The van der Waals surface area contributed by atoms with E-state index in [-0.39, 0.29) is 5.97 Å². The fourth-order valence-corrected chi connectivity index (χ4v) is 1.87. The lowest BCUT2D eigenvalue weighted by atomic mass is 10.1. The molecule has 0 saturated carbocycles. The van der Waals surface area contributed by atoms with E-state index in [9.17, 15) is 4.79 Å². The van der Waals surface area contributed by atoms with Gasteiger partial charge in [0.05, 0.1) is 13.0 Å². The Labute approximate surface area is 105 Å². The second kappa shape index (κ2) is 10.1. The Morgan fingerprint density at radius 3 is 2.29 bits per heavy atom. The molecule has 0 aliphatic carbocycles. The molecule has 0 saturated heterocycles. The molecule has 0 aromatic heterocycles. The van der Waals surface area contributed by atoms with Gasteiger partial charge in [0.2, 0.25) is 0 Å². The summed E-state index contributed by atoms with van der Waals surface area (Å²) in [6.07, 6.45) is 18.2. The van der Waals surface area contributed by atoms with Gasteiger partial charge in [0.15, 0.2) is 0 Å². The average Bonchev–Trinajstić information content (AvgIpc) is 2.32. The highest BCUT2D eigenvalue weighted by molar-refractivity contribution is 5.71. The maximum absolute atomic E-state index is 11.3. The van der Waals surface area contributed by atoms with Gasteiger partial charge in [-0.2, -0.15) is 0 Å².